The fraction of sp³-hybridized carbons (Fsp3) is 0.188. The third-order valence-electron chi connectivity index (χ3n) is 5.87. The van der Waals surface area contributed by atoms with Crippen LogP contribution in [0.25, 0.3) is 0 Å². The minimum Gasteiger partial charge on any atom is -1.00 e. The van der Waals surface area contributed by atoms with Crippen LogP contribution in [0, 0.1) is 63.7 Å². The largest absolute Gasteiger partial charge is 2.00 e. The van der Waals surface area contributed by atoms with Gasteiger partial charge in [0.2, 0.25) is 11.8 Å². The summed E-state index contributed by atoms with van der Waals surface area (Å²) in [4.78, 5) is 48.7. The minimum absolute atomic E-state index is 0. The molecule has 0 aliphatic heterocycles. The number of hydrogen-bond acceptors (Lipinski definition) is 5. The Morgan fingerprint density at radius 3 is 1.86 bits per heavy atom. The number of rotatable bonds is 11. The van der Waals surface area contributed by atoms with Crippen LogP contribution in [-0.2, 0) is 53.7 Å². The Hall–Kier alpha value is -3.04. The van der Waals surface area contributed by atoms with Gasteiger partial charge in [0.05, 0.1) is 20.2 Å². The minimum atomic E-state index is -0.881. The van der Waals surface area contributed by atoms with Crippen molar-refractivity contribution >= 4 is 23.7 Å². The van der Waals surface area contributed by atoms with Crippen molar-refractivity contribution in [3.8, 4) is 0 Å². The molecule has 0 aromatic heterocycles. The van der Waals surface area contributed by atoms with E-state index in [0.717, 1.165) is 17.5 Å². The molecule has 2 fully saturated rings. The summed E-state index contributed by atoms with van der Waals surface area (Å²) >= 11 is 0. The molecule has 2 saturated carbocycles. The van der Waals surface area contributed by atoms with E-state index in [1.165, 1.54) is 13.0 Å². The van der Waals surface area contributed by atoms with Crippen LogP contribution in [0.15, 0.2) is 54.6 Å². The Morgan fingerprint density at radius 1 is 0.714 bits per heavy atom. The van der Waals surface area contributed by atoms with Crippen LogP contribution in [0.4, 0.5) is 0 Å². The molecular weight excluding hydrogens is 573 g/mol. The molecule has 0 heterocycles. The molecule has 216 valence electrons. The van der Waals surface area contributed by atoms with Gasteiger partial charge >= 0.3 is 27.7 Å². The van der Waals surface area contributed by atoms with Crippen LogP contribution < -0.4 is 20.7 Å². The normalized spacial score (nSPS) is 14.6. The molecule has 4 rings (SSSR count). The number of benzene rings is 2. The van der Waals surface area contributed by atoms with Crippen LogP contribution in [0.5, 0.6) is 0 Å². The van der Waals surface area contributed by atoms with Crippen LogP contribution in [0.1, 0.15) is 21.5 Å². The van der Waals surface area contributed by atoms with Crippen molar-refractivity contribution in [2.24, 2.45) is 0 Å². The number of carbonyl (C=O) groups is 4. The summed E-state index contributed by atoms with van der Waals surface area (Å²) in [6, 6.07) is 15.5. The van der Waals surface area contributed by atoms with E-state index < -0.39 is 29.7 Å². The molecule has 0 bridgehead atoms. The number of ether oxygens (including phenoxy) is 1. The summed E-state index contributed by atoms with van der Waals surface area (Å²) in [5.74, 6) is -0.851. The predicted octanol–water partition coefficient (Wildman–Crippen LogP) is -0.596. The molecule has 10 radical (unpaired) electrons. The van der Waals surface area contributed by atoms with Crippen LogP contribution in [0.2, 0.25) is 0 Å². The van der Waals surface area contributed by atoms with Gasteiger partial charge in [-0.15, -0.1) is 0 Å². The maximum atomic E-state index is 12.3. The van der Waals surface area contributed by atoms with E-state index in [9.17, 15) is 19.2 Å². The zero-order valence-corrected chi connectivity index (χ0v) is 24.8. The fourth-order valence-electron chi connectivity index (χ4n) is 3.80. The van der Waals surface area contributed by atoms with E-state index >= 15 is 0 Å². The third-order valence-corrected chi connectivity index (χ3v) is 5.87. The van der Waals surface area contributed by atoms with E-state index in [2.05, 4.69) is 16.0 Å². The molecule has 8 nitrogen and oxygen atoms in total. The zero-order chi connectivity index (χ0) is 28.6. The SMILES string of the molecule is COC(=O)[C@@H](Cc1ccccc1)NC(=O)CNC(=O)CNC(=O)c1ccc(C[C]2[CH][CH][CH][CH]2)cc1.[CH]1[CH][CH][CH][CH]1.[F-].[Ti+2]. The second kappa shape index (κ2) is 20.8. The van der Waals surface area contributed by atoms with Gasteiger partial charge in [0.25, 0.3) is 5.91 Å². The van der Waals surface area contributed by atoms with Gasteiger partial charge < -0.3 is 25.4 Å². The first-order valence-electron chi connectivity index (χ1n) is 12.9. The van der Waals surface area contributed by atoms with Crippen LogP contribution >= 0.6 is 0 Å². The van der Waals surface area contributed by atoms with Crippen molar-refractivity contribution in [1.29, 1.82) is 0 Å². The molecule has 3 amide bonds. The summed E-state index contributed by atoms with van der Waals surface area (Å²) in [6.07, 6.45) is 19.1. The molecule has 0 spiro atoms. The average Bonchev–Trinajstić information content (AvgIpc) is 3.73. The summed E-state index contributed by atoms with van der Waals surface area (Å²) in [5.41, 5.74) is 2.37. The second-order valence-electron chi connectivity index (χ2n) is 8.92. The van der Waals surface area contributed by atoms with Crippen molar-refractivity contribution in [2.75, 3.05) is 20.2 Å². The van der Waals surface area contributed by atoms with Crippen molar-refractivity contribution < 1.29 is 50.3 Å². The molecule has 2 aromatic rings. The number of halogens is 1. The molecule has 10 heteroatoms. The van der Waals surface area contributed by atoms with E-state index in [1.807, 2.05) is 100 Å². The molecule has 2 aromatic carbocycles. The first kappa shape index (κ1) is 37.0. The van der Waals surface area contributed by atoms with E-state index in [4.69, 9.17) is 4.74 Å². The number of nitrogens with one attached hydrogen (secondary N) is 3. The van der Waals surface area contributed by atoms with Gasteiger partial charge in [0, 0.05) is 12.0 Å². The van der Waals surface area contributed by atoms with Gasteiger partial charge in [0.15, 0.2) is 0 Å². The van der Waals surface area contributed by atoms with Gasteiger partial charge in [-0.1, -0.05) is 42.5 Å². The topological polar surface area (TPSA) is 114 Å². The number of amides is 3. The van der Waals surface area contributed by atoms with Gasteiger partial charge in [-0.2, -0.15) is 0 Å². The Labute approximate surface area is 263 Å². The number of carbonyl (C=O) groups excluding carboxylic acids is 4. The average molecular weight is 606 g/mol. The third kappa shape index (κ3) is 13.8. The molecule has 2 aliphatic carbocycles. The van der Waals surface area contributed by atoms with Crippen molar-refractivity contribution in [2.45, 2.75) is 18.9 Å². The van der Waals surface area contributed by atoms with E-state index in [1.54, 1.807) is 12.1 Å². The van der Waals surface area contributed by atoms with Crippen molar-refractivity contribution in [3.63, 3.8) is 0 Å². The summed E-state index contributed by atoms with van der Waals surface area (Å²) in [7, 11) is 1.24. The number of esters is 1. The van der Waals surface area contributed by atoms with Gasteiger partial charge in [0.1, 0.15) is 6.04 Å². The van der Waals surface area contributed by atoms with Crippen LogP contribution in [0.3, 0.4) is 0 Å². The zero-order valence-electron chi connectivity index (χ0n) is 23.2. The van der Waals surface area contributed by atoms with Gasteiger partial charge in [-0.3, -0.25) is 14.4 Å². The molecule has 0 saturated heterocycles. The number of methoxy groups -OCH3 is 1. The van der Waals surface area contributed by atoms with E-state index in [0.29, 0.717) is 5.56 Å². The summed E-state index contributed by atoms with van der Waals surface area (Å²) in [5, 5.41) is 7.53. The maximum Gasteiger partial charge on any atom is 2.00 e. The summed E-state index contributed by atoms with van der Waals surface area (Å²) < 4.78 is 4.76. The second-order valence-corrected chi connectivity index (χ2v) is 8.92. The monoisotopic (exact) mass is 606 g/mol. The van der Waals surface area contributed by atoms with E-state index in [-0.39, 0.29) is 45.9 Å². The summed E-state index contributed by atoms with van der Waals surface area (Å²) in [6.45, 7) is -0.626. The number of hydrogen-bond donors (Lipinski definition) is 3. The maximum absolute atomic E-state index is 12.3. The predicted molar refractivity (Wildman–Crippen MR) is 152 cm³/mol. The van der Waals surface area contributed by atoms with Crippen molar-refractivity contribution in [1.82, 2.24) is 16.0 Å². The Bertz CT molecular complexity index is 1080. The fourth-order valence-corrected chi connectivity index (χ4v) is 3.80. The van der Waals surface area contributed by atoms with Crippen molar-refractivity contribution in [3.05, 3.63) is 135 Å². The molecule has 2 aliphatic rings. The smallest absolute Gasteiger partial charge is 1.00 e. The Kier molecular flexibility index (Phi) is 18.3. The Morgan fingerprint density at radius 2 is 1.29 bits per heavy atom. The van der Waals surface area contributed by atoms with Crippen LogP contribution in [-0.4, -0.2) is 49.9 Å². The molecular formula is C32H33FN3O5Ti+. The Balaban J connectivity index is 0.00000114. The molecule has 0 unspecified atom stereocenters. The molecule has 42 heavy (non-hydrogen) atoms. The first-order valence-corrected chi connectivity index (χ1v) is 12.9. The quantitative estimate of drug-likeness (QED) is 0.234. The van der Waals surface area contributed by atoms with Gasteiger partial charge in [-0.25, -0.2) is 4.79 Å². The molecule has 1 atom stereocenters. The van der Waals surface area contributed by atoms with Gasteiger partial charge in [-0.05, 0) is 93.4 Å². The first-order chi connectivity index (χ1) is 19.4. The molecule has 3 N–H and O–H groups in total. The standard InChI is InChI=1S/C27H28N3O5.C5H5.FH.Ti/c1-35-27(34)23(16-20-7-3-2-4-8-20)30-25(32)18-28-24(31)17-29-26(33)22-13-11-21(12-14-22)15-19-9-5-6-10-19;1-2-4-5-3-1;;/h2-14,23H,15-18H2,1H3,(H,28,31)(H,29,33)(H,30,32);1-5H;1H;/q;;;+2/p-1/t23-;;;/m1.../s1.